The Labute approximate surface area is 86.0 Å². The molecule has 14 heavy (non-hydrogen) atoms. The number of rotatable bonds is 3. The topological polar surface area (TPSA) is 38.0 Å². The molecule has 0 aliphatic carbocycles. The smallest absolute Gasteiger partial charge is 0.271 e. The first-order chi connectivity index (χ1) is 6.45. The summed E-state index contributed by atoms with van der Waals surface area (Å²) in [6, 6.07) is 5.28. The van der Waals surface area contributed by atoms with E-state index < -0.39 is 11.4 Å². The van der Waals surface area contributed by atoms with Crippen LogP contribution in [-0.2, 0) is 0 Å². The van der Waals surface area contributed by atoms with Gasteiger partial charge in [-0.3, -0.25) is 5.84 Å². The van der Waals surface area contributed by atoms with Crippen molar-refractivity contribution in [3.05, 3.63) is 35.4 Å². The summed E-state index contributed by atoms with van der Waals surface area (Å²) in [6.45, 7) is 1.81. The Hall–Kier alpha value is -0.710. The number of hydrogen-bond donors (Lipinski definition) is 2. The largest absolute Gasteiger partial charge is 0.342 e. The lowest BCUT2D eigenvalue weighted by molar-refractivity contribution is 0.0497. The van der Waals surface area contributed by atoms with E-state index in [1.165, 1.54) is 0 Å². The zero-order chi connectivity index (χ0) is 10.8. The van der Waals surface area contributed by atoms with Crippen LogP contribution in [0.2, 0.25) is 0 Å². The fourth-order valence-corrected chi connectivity index (χ4v) is 1.42. The molecular weight excluding hydrogens is 210 g/mol. The molecule has 1 aromatic carbocycles. The molecular formula is C9H11ClF2N2. The summed E-state index contributed by atoms with van der Waals surface area (Å²) >= 11 is 4.91. The summed E-state index contributed by atoms with van der Waals surface area (Å²) in [7, 11) is 0. The van der Waals surface area contributed by atoms with Crippen molar-refractivity contribution < 1.29 is 8.78 Å². The Morgan fingerprint density at radius 1 is 1.50 bits per heavy atom. The van der Waals surface area contributed by atoms with E-state index >= 15 is 0 Å². The SMILES string of the molecule is Cc1cccc(C(NN)C(F)(F)Cl)c1. The van der Waals surface area contributed by atoms with Gasteiger partial charge in [-0.05, 0) is 24.1 Å². The van der Waals surface area contributed by atoms with Gasteiger partial charge in [0.2, 0.25) is 0 Å². The average molecular weight is 221 g/mol. The molecule has 0 bridgehead atoms. The van der Waals surface area contributed by atoms with E-state index in [1.807, 2.05) is 18.4 Å². The van der Waals surface area contributed by atoms with Crippen LogP contribution in [0.3, 0.4) is 0 Å². The van der Waals surface area contributed by atoms with Crippen molar-refractivity contribution in [1.29, 1.82) is 0 Å². The number of alkyl halides is 3. The standard InChI is InChI=1S/C9H11ClF2N2/c1-6-3-2-4-7(5-6)8(14-13)9(10,11)12/h2-5,8,14H,13H2,1H3. The van der Waals surface area contributed by atoms with Gasteiger partial charge in [0.25, 0.3) is 0 Å². The van der Waals surface area contributed by atoms with Gasteiger partial charge in [-0.2, -0.15) is 8.78 Å². The molecule has 0 saturated heterocycles. The molecule has 1 unspecified atom stereocenters. The molecule has 0 aliphatic heterocycles. The first-order valence-electron chi connectivity index (χ1n) is 4.04. The third kappa shape index (κ3) is 2.64. The van der Waals surface area contributed by atoms with Gasteiger partial charge in [0.1, 0.15) is 6.04 Å². The molecule has 0 saturated carbocycles. The van der Waals surface area contributed by atoms with E-state index in [2.05, 4.69) is 0 Å². The second-order valence-corrected chi connectivity index (χ2v) is 3.56. The Balaban J connectivity index is 3.01. The van der Waals surface area contributed by atoms with E-state index in [4.69, 9.17) is 17.4 Å². The summed E-state index contributed by atoms with van der Waals surface area (Å²) in [4.78, 5) is 0. The molecule has 1 atom stereocenters. The van der Waals surface area contributed by atoms with Crippen molar-refractivity contribution in [1.82, 2.24) is 5.43 Å². The third-order valence-corrected chi connectivity index (χ3v) is 2.09. The quantitative estimate of drug-likeness (QED) is 0.466. The van der Waals surface area contributed by atoms with Gasteiger partial charge in [0.05, 0.1) is 0 Å². The summed E-state index contributed by atoms with van der Waals surface area (Å²) in [6.07, 6.45) is 0. The highest BCUT2D eigenvalue weighted by Crippen LogP contribution is 2.34. The van der Waals surface area contributed by atoms with Crippen LogP contribution in [0.1, 0.15) is 17.2 Å². The normalized spacial score (nSPS) is 14.1. The minimum absolute atomic E-state index is 0.368. The Bertz CT molecular complexity index is 312. The van der Waals surface area contributed by atoms with Crippen molar-refractivity contribution in [2.45, 2.75) is 18.3 Å². The number of aryl methyl sites for hydroxylation is 1. The van der Waals surface area contributed by atoms with Crippen LogP contribution in [0.5, 0.6) is 0 Å². The third-order valence-electron chi connectivity index (χ3n) is 1.87. The van der Waals surface area contributed by atoms with Crippen molar-refractivity contribution in [2.75, 3.05) is 0 Å². The molecule has 0 radical (unpaired) electrons. The lowest BCUT2D eigenvalue weighted by Crippen LogP contribution is -2.37. The molecule has 1 rings (SSSR count). The highest BCUT2D eigenvalue weighted by atomic mass is 35.5. The Morgan fingerprint density at radius 3 is 2.57 bits per heavy atom. The van der Waals surface area contributed by atoms with Crippen molar-refractivity contribution in [3.63, 3.8) is 0 Å². The van der Waals surface area contributed by atoms with Gasteiger partial charge >= 0.3 is 5.38 Å². The average Bonchev–Trinajstić information content (AvgIpc) is 2.02. The summed E-state index contributed by atoms with van der Waals surface area (Å²) in [5, 5.41) is -3.40. The fourth-order valence-electron chi connectivity index (χ4n) is 1.23. The van der Waals surface area contributed by atoms with Crippen LogP contribution < -0.4 is 11.3 Å². The summed E-state index contributed by atoms with van der Waals surface area (Å²) in [5.41, 5.74) is 3.25. The molecule has 78 valence electrons. The zero-order valence-corrected chi connectivity index (χ0v) is 8.35. The minimum Gasteiger partial charge on any atom is -0.271 e. The Kier molecular flexibility index (Phi) is 3.42. The lowest BCUT2D eigenvalue weighted by Gasteiger charge is -2.21. The molecule has 0 spiro atoms. The fraction of sp³-hybridized carbons (Fsp3) is 0.333. The zero-order valence-electron chi connectivity index (χ0n) is 7.60. The molecule has 0 aliphatic rings. The molecule has 0 aromatic heterocycles. The van der Waals surface area contributed by atoms with Crippen LogP contribution in [-0.4, -0.2) is 5.38 Å². The second kappa shape index (κ2) is 4.21. The lowest BCUT2D eigenvalue weighted by atomic mass is 10.1. The predicted octanol–water partition coefficient (Wildman–Crippen LogP) is 2.33. The Morgan fingerprint density at radius 2 is 2.14 bits per heavy atom. The van der Waals surface area contributed by atoms with Crippen LogP contribution >= 0.6 is 11.6 Å². The van der Waals surface area contributed by atoms with E-state index in [0.29, 0.717) is 5.56 Å². The van der Waals surface area contributed by atoms with Crippen LogP contribution in [0.15, 0.2) is 24.3 Å². The number of hydrazine groups is 1. The number of hydrogen-bond acceptors (Lipinski definition) is 2. The highest BCUT2D eigenvalue weighted by Gasteiger charge is 2.37. The summed E-state index contributed by atoms with van der Waals surface area (Å²) < 4.78 is 25.7. The van der Waals surface area contributed by atoms with E-state index in [9.17, 15) is 8.78 Å². The van der Waals surface area contributed by atoms with E-state index in [-0.39, 0.29) is 0 Å². The minimum atomic E-state index is -3.40. The monoisotopic (exact) mass is 220 g/mol. The maximum atomic E-state index is 12.8. The molecule has 2 nitrogen and oxygen atoms in total. The molecule has 3 N–H and O–H groups in total. The maximum absolute atomic E-state index is 12.8. The number of nitrogens with one attached hydrogen (secondary N) is 1. The van der Waals surface area contributed by atoms with Crippen LogP contribution in [0.25, 0.3) is 0 Å². The highest BCUT2D eigenvalue weighted by molar-refractivity contribution is 6.22. The van der Waals surface area contributed by atoms with Crippen LogP contribution in [0, 0.1) is 6.92 Å². The van der Waals surface area contributed by atoms with E-state index in [0.717, 1.165) is 5.56 Å². The number of benzene rings is 1. The maximum Gasteiger partial charge on any atom is 0.342 e. The molecule has 0 fully saturated rings. The molecule has 1 aromatic rings. The van der Waals surface area contributed by atoms with Crippen molar-refractivity contribution in [2.24, 2.45) is 5.84 Å². The van der Waals surface area contributed by atoms with Gasteiger partial charge in [-0.25, -0.2) is 5.43 Å². The van der Waals surface area contributed by atoms with Gasteiger partial charge < -0.3 is 0 Å². The number of halogens is 3. The van der Waals surface area contributed by atoms with Crippen molar-refractivity contribution in [3.8, 4) is 0 Å². The molecule has 5 heteroatoms. The van der Waals surface area contributed by atoms with Crippen LogP contribution in [0.4, 0.5) is 8.78 Å². The van der Waals surface area contributed by atoms with Gasteiger partial charge in [0.15, 0.2) is 0 Å². The summed E-state index contributed by atoms with van der Waals surface area (Å²) in [5.74, 6) is 5.03. The first kappa shape index (κ1) is 11.4. The molecule has 0 amide bonds. The van der Waals surface area contributed by atoms with E-state index in [1.54, 1.807) is 18.2 Å². The predicted molar refractivity (Wildman–Crippen MR) is 52.0 cm³/mol. The molecule has 0 heterocycles. The van der Waals surface area contributed by atoms with Crippen molar-refractivity contribution >= 4 is 11.6 Å². The second-order valence-electron chi connectivity index (χ2n) is 3.06. The first-order valence-corrected chi connectivity index (χ1v) is 4.42. The van der Waals surface area contributed by atoms with Gasteiger partial charge in [0, 0.05) is 0 Å². The van der Waals surface area contributed by atoms with Gasteiger partial charge in [-0.1, -0.05) is 29.8 Å². The number of nitrogens with two attached hydrogens (primary N) is 1. The van der Waals surface area contributed by atoms with Gasteiger partial charge in [-0.15, -0.1) is 0 Å².